The molecule has 180 valence electrons. The van der Waals surface area contributed by atoms with Crippen LogP contribution in [0, 0.1) is 5.41 Å². The Bertz CT molecular complexity index is 1270. The first-order chi connectivity index (χ1) is 16.9. The topological polar surface area (TPSA) is 123 Å². The molecule has 1 fully saturated rings. The maximum atomic E-state index is 13.1. The summed E-state index contributed by atoms with van der Waals surface area (Å²) in [6, 6.07) is 16.2. The van der Waals surface area contributed by atoms with Crippen LogP contribution in [0.25, 0.3) is 11.1 Å². The summed E-state index contributed by atoms with van der Waals surface area (Å²) in [5.41, 5.74) is 3.66. The number of nitrogens with zero attached hydrogens (tertiary/aromatic N) is 2. The van der Waals surface area contributed by atoms with Gasteiger partial charge in [0.15, 0.2) is 0 Å². The summed E-state index contributed by atoms with van der Waals surface area (Å²) in [4.78, 5) is 37.1. The molecule has 3 N–H and O–H groups in total. The first-order valence-corrected chi connectivity index (χ1v) is 11.6. The van der Waals surface area contributed by atoms with Gasteiger partial charge in [0.25, 0.3) is 0 Å². The molecule has 2 aliphatic rings. The third kappa shape index (κ3) is 4.03. The van der Waals surface area contributed by atoms with E-state index in [4.69, 9.17) is 4.74 Å². The lowest BCUT2D eigenvalue weighted by Crippen LogP contribution is -2.50. The second-order valence-electron chi connectivity index (χ2n) is 9.10. The molecule has 2 aromatic carbocycles. The SMILES string of the molecule is Cn1ncc(C(=O)O)c1NC(=O)C1(CNC(=O)OCC2c3ccccc3-c3ccccc32)CCC1. The van der Waals surface area contributed by atoms with Gasteiger partial charge in [0.1, 0.15) is 18.0 Å². The highest BCUT2D eigenvalue weighted by molar-refractivity contribution is 6.01. The summed E-state index contributed by atoms with van der Waals surface area (Å²) in [7, 11) is 1.56. The molecule has 3 aromatic rings. The molecule has 5 rings (SSSR count). The van der Waals surface area contributed by atoms with E-state index in [1.54, 1.807) is 7.05 Å². The zero-order valence-corrected chi connectivity index (χ0v) is 19.3. The van der Waals surface area contributed by atoms with Crippen LogP contribution in [-0.4, -0.2) is 46.0 Å². The Balaban J connectivity index is 1.21. The number of alkyl carbamates (subject to hydrolysis) is 1. The smallest absolute Gasteiger partial charge is 0.407 e. The lowest BCUT2D eigenvalue weighted by molar-refractivity contribution is -0.129. The van der Waals surface area contributed by atoms with E-state index in [9.17, 15) is 19.5 Å². The van der Waals surface area contributed by atoms with Crippen LogP contribution in [0.2, 0.25) is 0 Å². The van der Waals surface area contributed by atoms with Crippen LogP contribution in [-0.2, 0) is 16.6 Å². The molecule has 1 saturated carbocycles. The van der Waals surface area contributed by atoms with Crippen molar-refractivity contribution in [3.05, 3.63) is 71.4 Å². The number of carbonyl (C=O) groups excluding carboxylic acids is 2. The molecular weight excluding hydrogens is 448 g/mol. The first-order valence-electron chi connectivity index (χ1n) is 11.6. The Morgan fingerprint density at radius 1 is 1.09 bits per heavy atom. The molecule has 0 spiro atoms. The number of nitrogens with one attached hydrogen (secondary N) is 2. The van der Waals surface area contributed by atoms with Crippen molar-refractivity contribution in [2.75, 3.05) is 18.5 Å². The molecule has 1 heterocycles. The van der Waals surface area contributed by atoms with Crippen LogP contribution in [0.4, 0.5) is 10.6 Å². The van der Waals surface area contributed by atoms with Gasteiger partial charge in [0, 0.05) is 19.5 Å². The lowest BCUT2D eigenvalue weighted by Gasteiger charge is -2.40. The number of aromatic carboxylic acids is 1. The second-order valence-corrected chi connectivity index (χ2v) is 9.10. The van der Waals surface area contributed by atoms with Gasteiger partial charge in [-0.3, -0.25) is 9.48 Å². The monoisotopic (exact) mass is 474 g/mol. The molecule has 9 nitrogen and oxygen atoms in total. The van der Waals surface area contributed by atoms with Crippen LogP contribution in [0.5, 0.6) is 0 Å². The summed E-state index contributed by atoms with van der Waals surface area (Å²) in [5.74, 6) is -1.44. The quantitative estimate of drug-likeness (QED) is 0.479. The lowest BCUT2D eigenvalue weighted by atomic mass is 9.68. The van der Waals surface area contributed by atoms with Crippen LogP contribution in [0.15, 0.2) is 54.7 Å². The summed E-state index contributed by atoms with van der Waals surface area (Å²) in [6.07, 6.45) is 2.63. The number of anilines is 1. The van der Waals surface area contributed by atoms with Crippen LogP contribution in [0.3, 0.4) is 0 Å². The fourth-order valence-electron chi connectivity index (χ4n) is 4.96. The molecule has 1 aromatic heterocycles. The fraction of sp³-hybridized carbons (Fsp3) is 0.308. The van der Waals surface area contributed by atoms with Gasteiger partial charge in [-0.05, 0) is 35.1 Å². The highest BCUT2D eigenvalue weighted by Crippen LogP contribution is 2.45. The van der Waals surface area contributed by atoms with E-state index in [0.29, 0.717) is 12.8 Å². The number of carboxylic acids is 1. The number of hydrogen-bond donors (Lipinski definition) is 3. The predicted molar refractivity (Wildman–Crippen MR) is 128 cm³/mol. The molecule has 0 atom stereocenters. The highest BCUT2D eigenvalue weighted by atomic mass is 16.5. The number of benzene rings is 2. The zero-order chi connectivity index (χ0) is 24.6. The van der Waals surface area contributed by atoms with Gasteiger partial charge in [-0.25, -0.2) is 9.59 Å². The normalized spacial score (nSPS) is 15.5. The standard InChI is InChI=1S/C26H26N4O5/c1-30-22(20(13-28-30)23(31)32)29-24(33)26(11-6-12-26)15-27-25(34)35-14-21-18-9-4-2-7-16(18)17-8-3-5-10-19(17)21/h2-5,7-10,13,21H,6,11-12,14-15H2,1H3,(H,27,34)(H,29,33)(H,31,32). The molecule has 9 heteroatoms. The molecular formula is C26H26N4O5. The number of ether oxygens (including phenoxy) is 1. The minimum atomic E-state index is -1.17. The van der Waals surface area contributed by atoms with E-state index < -0.39 is 17.5 Å². The molecule has 35 heavy (non-hydrogen) atoms. The van der Waals surface area contributed by atoms with Gasteiger partial charge in [0.05, 0.1) is 11.6 Å². The van der Waals surface area contributed by atoms with Gasteiger partial charge >= 0.3 is 12.1 Å². The zero-order valence-electron chi connectivity index (χ0n) is 19.3. The Labute approximate surface area is 202 Å². The van der Waals surface area contributed by atoms with Crippen LogP contribution in [0.1, 0.15) is 46.7 Å². The molecule has 0 bridgehead atoms. The Morgan fingerprint density at radius 3 is 2.29 bits per heavy atom. The fourth-order valence-corrected chi connectivity index (χ4v) is 4.96. The Morgan fingerprint density at radius 2 is 1.71 bits per heavy atom. The number of aryl methyl sites for hydroxylation is 1. The third-order valence-electron chi connectivity index (χ3n) is 7.11. The Kier molecular flexibility index (Phi) is 5.76. The van der Waals surface area contributed by atoms with Crippen molar-refractivity contribution in [1.29, 1.82) is 0 Å². The molecule has 0 aliphatic heterocycles. The number of rotatable bonds is 7. The van der Waals surface area contributed by atoms with Crippen molar-refractivity contribution in [3.63, 3.8) is 0 Å². The molecule has 0 radical (unpaired) electrons. The number of carboxylic acid groups (broad SMARTS) is 1. The molecule has 2 amide bonds. The average Bonchev–Trinajstić information content (AvgIpc) is 3.35. The number of amides is 2. The minimum absolute atomic E-state index is 0.0478. The summed E-state index contributed by atoms with van der Waals surface area (Å²) >= 11 is 0. The van der Waals surface area contributed by atoms with Gasteiger partial charge in [-0.15, -0.1) is 0 Å². The van der Waals surface area contributed by atoms with E-state index >= 15 is 0 Å². The first kappa shape index (κ1) is 22.6. The van der Waals surface area contributed by atoms with Crippen molar-refractivity contribution in [3.8, 4) is 11.1 Å². The van der Waals surface area contributed by atoms with Crippen LogP contribution < -0.4 is 10.6 Å². The second kappa shape index (κ2) is 8.90. The third-order valence-corrected chi connectivity index (χ3v) is 7.11. The van der Waals surface area contributed by atoms with E-state index in [-0.39, 0.29) is 36.4 Å². The molecule has 2 aliphatic carbocycles. The van der Waals surface area contributed by atoms with E-state index in [0.717, 1.165) is 28.7 Å². The predicted octanol–water partition coefficient (Wildman–Crippen LogP) is 3.77. The largest absolute Gasteiger partial charge is 0.477 e. The number of fused-ring (bicyclic) bond motifs is 3. The summed E-state index contributed by atoms with van der Waals surface area (Å²) in [5, 5.41) is 18.7. The van der Waals surface area contributed by atoms with Gasteiger partial charge < -0.3 is 20.5 Å². The number of hydrogen-bond acceptors (Lipinski definition) is 5. The van der Waals surface area contributed by atoms with Crippen molar-refractivity contribution in [1.82, 2.24) is 15.1 Å². The number of carbonyl (C=O) groups is 3. The minimum Gasteiger partial charge on any atom is -0.477 e. The van der Waals surface area contributed by atoms with E-state index in [1.807, 2.05) is 24.3 Å². The van der Waals surface area contributed by atoms with Gasteiger partial charge in [0.2, 0.25) is 5.91 Å². The maximum absolute atomic E-state index is 13.1. The van der Waals surface area contributed by atoms with Crippen molar-refractivity contribution >= 4 is 23.8 Å². The summed E-state index contributed by atoms with van der Waals surface area (Å²) in [6.45, 7) is 0.297. The van der Waals surface area contributed by atoms with Gasteiger partial charge in [-0.2, -0.15) is 5.10 Å². The van der Waals surface area contributed by atoms with Crippen molar-refractivity contribution in [2.24, 2.45) is 12.5 Å². The van der Waals surface area contributed by atoms with Crippen molar-refractivity contribution < 1.29 is 24.2 Å². The van der Waals surface area contributed by atoms with E-state index in [1.165, 1.54) is 10.9 Å². The van der Waals surface area contributed by atoms with Gasteiger partial charge in [-0.1, -0.05) is 55.0 Å². The Hall–Kier alpha value is -4.14. The maximum Gasteiger partial charge on any atom is 0.407 e. The number of aromatic nitrogens is 2. The average molecular weight is 475 g/mol. The van der Waals surface area contributed by atoms with Crippen LogP contribution >= 0.6 is 0 Å². The highest BCUT2D eigenvalue weighted by Gasteiger charge is 2.45. The van der Waals surface area contributed by atoms with Crippen molar-refractivity contribution in [2.45, 2.75) is 25.2 Å². The molecule has 0 saturated heterocycles. The summed E-state index contributed by atoms with van der Waals surface area (Å²) < 4.78 is 6.90. The molecule has 0 unspecified atom stereocenters. The van der Waals surface area contributed by atoms with E-state index in [2.05, 4.69) is 40.0 Å².